The van der Waals surface area contributed by atoms with E-state index >= 15 is 0 Å². The van der Waals surface area contributed by atoms with Crippen LogP contribution in [0.4, 0.5) is 0 Å². The number of methoxy groups -OCH3 is 1. The van der Waals surface area contributed by atoms with Gasteiger partial charge in [-0.2, -0.15) is 0 Å². The minimum Gasteiger partial charge on any atom is -0.385 e. The van der Waals surface area contributed by atoms with Gasteiger partial charge in [-0.3, -0.25) is 29.7 Å². The Balaban J connectivity index is 1.71. The summed E-state index contributed by atoms with van der Waals surface area (Å²) < 4.78 is 4.95. The molecule has 27 heavy (non-hydrogen) atoms. The molecule has 0 spiro atoms. The van der Waals surface area contributed by atoms with Crippen LogP contribution in [0.25, 0.3) is 0 Å². The van der Waals surface area contributed by atoms with E-state index in [9.17, 15) is 14.4 Å². The van der Waals surface area contributed by atoms with E-state index in [4.69, 9.17) is 17.0 Å². The number of hydrogen-bond donors (Lipinski definition) is 2. The van der Waals surface area contributed by atoms with Gasteiger partial charge in [0.2, 0.25) is 5.91 Å². The summed E-state index contributed by atoms with van der Waals surface area (Å²) in [5, 5.41) is 4.85. The molecule has 1 aromatic rings. The van der Waals surface area contributed by atoms with Crippen LogP contribution < -0.4 is 10.7 Å². The summed E-state index contributed by atoms with van der Waals surface area (Å²) in [5.41, 5.74) is 3.48. The van der Waals surface area contributed by atoms with E-state index in [-0.39, 0.29) is 30.7 Å². The lowest BCUT2D eigenvalue weighted by Crippen LogP contribution is -2.48. The molecular formula is C18H24N4O4S. The zero-order valence-corrected chi connectivity index (χ0v) is 16.3. The molecule has 0 bridgehead atoms. The van der Waals surface area contributed by atoms with Gasteiger partial charge in [-0.05, 0) is 37.2 Å². The first-order valence-corrected chi connectivity index (χ1v) is 9.11. The van der Waals surface area contributed by atoms with E-state index in [1.807, 2.05) is 0 Å². The van der Waals surface area contributed by atoms with Crippen molar-refractivity contribution in [2.24, 2.45) is 0 Å². The highest BCUT2D eigenvalue weighted by molar-refractivity contribution is 7.80. The fourth-order valence-electron chi connectivity index (χ4n) is 2.66. The maximum Gasteiger partial charge on any atom is 0.261 e. The number of amides is 3. The average molecular weight is 392 g/mol. The molecule has 0 saturated heterocycles. The van der Waals surface area contributed by atoms with Crippen molar-refractivity contribution in [2.75, 3.05) is 33.9 Å². The van der Waals surface area contributed by atoms with E-state index < -0.39 is 0 Å². The van der Waals surface area contributed by atoms with Crippen molar-refractivity contribution in [3.8, 4) is 0 Å². The third kappa shape index (κ3) is 5.48. The summed E-state index contributed by atoms with van der Waals surface area (Å²) in [6.07, 6.45) is 1.35. The SMILES string of the molecule is COCCCNC(=S)N(C)NC(=O)CCCN1C(=O)c2ccccc2C1=O. The number of carbonyl (C=O) groups excluding carboxylic acids is 3. The lowest BCUT2D eigenvalue weighted by Gasteiger charge is -2.22. The van der Waals surface area contributed by atoms with Crippen molar-refractivity contribution in [1.29, 1.82) is 0 Å². The summed E-state index contributed by atoms with van der Waals surface area (Å²) in [5.74, 6) is -0.862. The summed E-state index contributed by atoms with van der Waals surface area (Å²) in [6.45, 7) is 1.47. The van der Waals surface area contributed by atoms with Gasteiger partial charge in [-0.15, -0.1) is 0 Å². The van der Waals surface area contributed by atoms with Crippen LogP contribution in [0.5, 0.6) is 0 Å². The molecular weight excluding hydrogens is 368 g/mol. The summed E-state index contributed by atoms with van der Waals surface area (Å²) in [4.78, 5) is 37.7. The topological polar surface area (TPSA) is 91.0 Å². The highest BCUT2D eigenvalue weighted by Crippen LogP contribution is 2.22. The zero-order valence-electron chi connectivity index (χ0n) is 15.5. The first-order chi connectivity index (χ1) is 13.0. The largest absolute Gasteiger partial charge is 0.385 e. The van der Waals surface area contributed by atoms with Crippen LogP contribution in [0.1, 0.15) is 40.0 Å². The van der Waals surface area contributed by atoms with Gasteiger partial charge in [0.05, 0.1) is 11.1 Å². The molecule has 0 unspecified atom stereocenters. The summed E-state index contributed by atoms with van der Waals surface area (Å²) >= 11 is 5.18. The number of nitrogens with zero attached hydrogens (tertiary/aromatic N) is 2. The Hall–Kier alpha value is -2.52. The predicted octanol–water partition coefficient (Wildman–Crippen LogP) is 0.937. The van der Waals surface area contributed by atoms with Crippen molar-refractivity contribution in [2.45, 2.75) is 19.3 Å². The predicted molar refractivity (Wildman–Crippen MR) is 104 cm³/mol. The second-order valence-electron chi connectivity index (χ2n) is 6.08. The quantitative estimate of drug-likeness (QED) is 0.294. The number of thiocarbonyl (C=S) groups is 1. The fourth-order valence-corrected chi connectivity index (χ4v) is 2.81. The number of nitrogens with one attached hydrogen (secondary N) is 2. The highest BCUT2D eigenvalue weighted by Gasteiger charge is 2.34. The monoisotopic (exact) mass is 392 g/mol. The van der Waals surface area contributed by atoms with Crippen LogP contribution in [0, 0.1) is 0 Å². The molecule has 2 N–H and O–H groups in total. The molecule has 0 aromatic heterocycles. The molecule has 3 amide bonds. The minimum absolute atomic E-state index is 0.171. The van der Waals surface area contributed by atoms with Crippen molar-refractivity contribution >= 4 is 35.1 Å². The molecule has 0 saturated carbocycles. The van der Waals surface area contributed by atoms with Crippen LogP contribution in [0.2, 0.25) is 0 Å². The zero-order chi connectivity index (χ0) is 19.8. The molecule has 1 aliphatic heterocycles. The van der Waals surface area contributed by atoms with E-state index in [1.54, 1.807) is 38.4 Å². The number of benzene rings is 1. The first kappa shape index (κ1) is 20.8. The first-order valence-electron chi connectivity index (χ1n) is 8.71. The Bertz CT molecular complexity index is 690. The Labute approximate surface area is 163 Å². The molecule has 8 nitrogen and oxygen atoms in total. The number of rotatable bonds is 8. The standard InChI is InChI=1S/C18H24N4O4S/c1-21(18(27)19-10-6-12-26-2)20-15(23)9-5-11-22-16(24)13-7-3-4-8-14(13)17(22)25/h3-4,7-8H,5-6,9-12H2,1-2H3,(H,19,27)(H,20,23). The third-order valence-electron chi connectivity index (χ3n) is 4.06. The van der Waals surface area contributed by atoms with Crippen LogP contribution in [-0.2, 0) is 9.53 Å². The number of hydrazine groups is 1. The molecule has 9 heteroatoms. The third-order valence-corrected chi connectivity index (χ3v) is 4.48. The van der Waals surface area contributed by atoms with Crippen molar-refractivity contribution in [1.82, 2.24) is 20.7 Å². The highest BCUT2D eigenvalue weighted by atomic mass is 32.1. The van der Waals surface area contributed by atoms with Crippen LogP contribution >= 0.6 is 12.2 Å². The van der Waals surface area contributed by atoms with Crippen molar-refractivity contribution in [3.63, 3.8) is 0 Å². The molecule has 1 heterocycles. The number of imide groups is 1. The Morgan fingerprint density at radius 1 is 1.19 bits per heavy atom. The maximum absolute atomic E-state index is 12.3. The Kier molecular flexibility index (Phi) is 7.68. The van der Waals surface area contributed by atoms with E-state index in [0.29, 0.717) is 35.8 Å². The normalized spacial score (nSPS) is 12.7. The molecule has 0 atom stereocenters. The van der Waals surface area contributed by atoms with Gasteiger partial charge >= 0.3 is 0 Å². The summed E-state index contributed by atoms with van der Waals surface area (Å²) in [7, 11) is 3.28. The number of ether oxygens (including phenoxy) is 1. The molecule has 146 valence electrons. The second-order valence-corrected chi connectivity index (χ2v) is 6.47. The Morgan fingerprint density at radius 3 is 2.41 bits per heavy atom. The number of fused-ring (bicyclic) bond motifs is 1. The molecule has 1 aromatic carbocycles. The number of hydrogen-bond acceptors (Lipinski definition) is 5. The van der Waals surface area contributed by atoms with Crippen molar-refractivity contribution in [3.05, 3.63) is 35.4 Å². The Morgan fingerprint density at radius 2 is 1.81 bits per heavy atom. The smallest absolute Gasteiger partial charge is 0.261 e. The maximum atomic E-state index is 12.3. The minimum atomic E-state index is -0.311. The lowest BCUT2D eigenvalue weighted by molar-refractivity contribution is -0.124. The van der Waals surface area contributed by atoms with Crippen LogP contribution in [0.3, 0.4) is 0 Å². The molecule has 1 aliphatic rings. The molecule has 0 aliphatic carbocycles. The van der Waals surface area contributed by atoms with Gasteiger partial charge in [-0.1, -0.05) is 12.1 Å². The van der Waals surface area contributed by atoms with Gasteiger partial charge in [-0.25, -0.2) is 0 Å². The summed E-state index contributed by atoms with van der Waals surface area (Å²) in [6, 6.07) is 6.72. The van der Waals surface area contributed by atoms with Crippen LogP contribution in [0.15, 0.2) is 24.3 Å². The van der Waals surface area contributed by atoms with Gasteiger partial charge < -0.3 is 10.1 Å². The molecule has 0 fully saturated rings. The number of carbonyl (C=O) groups is 3. The van der Waals surface area contributed by atoms with E-state index in [0.717, 1.165) is 6.42 Å². The van der Waals surface area contributed by atoms with Gasteiger partial charge in [0, 0.05) is 40.3 Å². The van der Waals surface area contributed by atoms with Gasteiger partial charge in [0.1, 0.15) is 0 Å². The lowest BCUT2D eigenvalue weighted by atomic mass is 10.1. The van der Waals surface area contributed by atoms with Gasteiger partial charge in [0.25, 0.3) is 11.8 Å². The van der Waals surface area contributed by atoms with Gasteiger partial charge in [0.15, 0.2) is 5.11 Å². The average Bonchev–Trinajstić information content (AvgIpc) is 2.90. The van der Waals surface area contributed by atoms with E-state index in [1.165, 1.54) is 9.91 Å². The molecule has 2 rings (SSSR count). The van der Waals surface area contributed by atoms with Crippen LogP contribution in [-0.4, -0.2) is 66.6 Å². The fraction of sp³-hybridized carbons (Fsp3) is 0.444. The molecule has 0 radical (unpaired) electrons. The van der Waals surface area contributed by atoms with Crippen molar-refractivity contribution < 1.29 is 19.1 Å². The van der Waals surface area contributed by atoms with E-state index in [2.05, 4.69) is 10.7 Å². The second kappa shape index (κ2) is 9.98.